The third kappa shape index (κ3) is 1.86. The van der Waals surface area contributed by atoms with Gasteiger partial charge in [0.1, 0.15) is 0 Å². The second-order valence-corrected chi connectivity index (χ2v) is 6.56. The normalized spacial score (nSPS) is 22.7. The number of fused-ring (bicyclic) bond motifs is 1. The van der Waals surface area contributed by atoms with Gasteiger partial charge in [-0.15, -0.1) is 0 Å². The van der Waals surface area contributed by atoms with Crippen LogP contribution in [-0.2, 0) is 6.54 Å². The lowest BCUT2D eigenvalue weighted by atomic mass is 10.0. The molecule has 1 aliphatic carbocycles. The monoisotopic (exact) mass is 300 g/mol. The Morgan fingerprint density at radius 3 is 2.91 bits per heavy atom. The Kier molecular flexibility index (Phi) is 2.81. The Labute approximate surface area is 128 Å². The number of amides is 1. The summed E-state index contributed by atoms with van der Waals surface area (Å²) in [7, 11) is 0. The number of likely N-dealkylation sites (tertiary alicyclic amines) is 1. The highest BCUT2D eigenvalue weighted by Gasteiger charge is 2.55. The number of β-amino-alcohol motifs (C(OH)–C–C–N with tert-alkyl or cyclic N) is 1. The molecule has 6 nitrogen and oxygen atoms in total. The first-order valence-electron chi connectivity index (χ1n) is 7.84. The highest BCUT2D eigenvalue weighted by atomic mass is 16.3. The van der Waals surface area contributed by atoms with Gasteiger partial charge in [0, 0.05) is 30.4 Å². The molecule has 2 aromatic heterocycles. The first kappa shape index (κ1) is 13.7. The van der Waals surface area contributed by atoms with Crippen LogP contribution in [0.4, 0.5) is 0 Å². The van der Waals surface area contributed by atoms with Crippen molar-refractivity contribution >= 4 is 16.9 Å². The smallest absolute Gasteiger partial charge is 0.255 e. The summed E-state index contributed by atoms with van der Waals surface area (Å²) in [6.45, 7) is 5.73. The number of aromatic nitrogens is 3. The number of hydrogen-bond acceptors (Lipinski definition) is 4. The predicted molar refractivity (Wildman–Crippen MR) is 81.5 cm³/mol. The minimum atomic E-state index is -0.378. The fourth-order valence-electron chi connectivity index (χ4n) is 3.47. The highest BCUT2D eigenvalue weighted by Crippen LogP contribution is 2.52. The van der Waals surface area contributed by atoms with Crippen molar-refractivity contribution in [1.82, 2.24) is 19.7 Å². The van der Waals surface area contributed by atoms with Crippen LogP contribution in [0.3, 0.4) is 0 Å². The maximum atomic E-state index is 12.8. The average molecular weight is 300 g/mol. The summed E-state index contributed by atoms with van der Waals surface area (Å²) < 4.78 is 1.83. The first-order valence-corrected chi connectivity index (χ1v) is 7.84. The standard InChI is InChI=1S/C16H20N4O2/c1-3-20-14-11(7-17-20)6-12(10(2)18-14)15(22)19-8-13(21)16(9-19)4-5-16/h6-7,13,21H,3-5,8-9H2,1-2H3. The molecule has 2 aromatic rings. The zero-order valence-corrected chi connectivity index (χ0v) is 12.9. The van der Waals surface area contributed by atoms with Crippen molar-refractivity contribution in [2.75, 3.05) is 13.1 Å². The molecule has 6 heteroatoms. The minimum Gasteiger partial charge on any atom is -0.391 e. The molecule has 4 rings (SSSR count). The second-order valence-electron chi connectivity index (χ2n) is 6.56. The number of aliphatic hydroxyl groups excluding tert-OH is 1. The van der Waals surface area contributed by atoms with Crippen LogP contribution in [0.15, 0.2) is 12.3 Å². The van der Waals surface area contributed by atoms with E-state index in [1.165, 1.54) is 0 Å². The summed E-state index contributed by atoms with van der Waals surface area (Å²) in [5.41, 5.74) is 2.14. The fourth-order valence-corrected chi connectivity index (χ4v) is 3.47. The molecule has 1 atom stereocenters. The van der Waals surface area contributed by atoms with Crippen LogP contribution in [0.1, 0.15) is 35.8 Å². The van der Waals surface area contributed by atoms with Gasteiger partial charge in [-0.2, -0.15) is 5.10 Å². The van der Waals surface area contributed by atoms with Gasteiger partial charge in [0.15, 0.2) is 5.65 Å². The van der Waals surface area contributed by atoms with Crippen LogP contribution in [0.5, 0.6) is 0 Å². The number of aliphatic hydroxyl groups is 1. The molecule has 2 fully saturated rings. The third-order valence-corrected chi connectivity index (χ3v) is 5.12. The lowest BCUT2D eigenvalue weighted by Gasteiger charge is -2.17. The van der Waals surface area contributed by atoms with Gasteiger partial charge in [0.25, 0.3) is 5.91 Å². The number of rotatable bonds is 2. The molecule has 1 spiro atoms. The molecule has 2 aliphatic rings. The summed E-state index contributed by atoms with van der Waals surface area (Å²) in [5.74, 6) is -0.0287. The van der Waals surface area contributed by atoms with Crippen LogP contribution in [0, 0.1) is 12.3 Å². The van der Waals surface area contributed by atoms with E-state index in [1.807, 2.05) is 24.6 Å². The Morgan fingerprint density at radius 1 is 1.50 bits per heavy atom. The third-order valence-electron chi connectivity index (χ3n) is 5.12. The van der Waals surface area contributed by atoms with E-state index in [0.717, 1.165) is 36.1 Å². The maximum absolute atomic E-state index is 12.8. The molecule has 1 saturated carbocycles. The lowest BCUT2D eigenvalue weighted by molar-refractivity contribution is 0.0763. The van der Waals surface area contributed by atoms with E-state index in [4.69, 9.17) is 0 Å². The van der Waals surface area contributed by atoms with E-state index in [0.29, 0.717) is 18.7 Å². The van der Waals surface area contributed by atoms with Gasteiger partial charge in [-0.3, -0.25) is 4.79 Å². The van der Waals surface area contributed by atoms with Crippen molar-refractivity contribution in [2.24, 2.45) is 5.41 Å². The number of carbonyl (C=O) groups excluding carboxylic acids is 1. The summed E-state index contributed by atoms with van der Waals surface area (Å²) in [6, 6.07) is 1.88. The zero-order valence-electron chi connectivity index (χ0n) is 12.9. The maximum Gasteiger partial charge on any atom is 0.255 e. The summed E-state index contributed by atoms with van der Waals surface area (Å²) >= 11 is 0. The van der Waals surface area contributed by atoms with Gasteiger partial charge in [0.05, 0.1) is 23.6 Å². The van der Waals surface area contributed by atoms with Crippen LogP contribution in [-0.4, -0.2) is 49.9 Å². The van der Waals surface area contributed by atoms with E-state index in [1.54, 1.807) is 11.1 Å². The molecule has 3 heterocycles. The van der Waals surface area contributed by atoms with Crippen molar-refractivity contribution in [3.63, 3.8) is 0 Å². The van der Waals surface area contributed by atoms with Crippen molar-refractivity contribution < 1.29 is 9.90 Å². The molecule has 1 amide bonds. The van der Waals surface area contributed by atoms with Crippen LogP contribution in [0.2, 0.25) is 0 Å². The summed E-state index contributed by atoms with van der Waals surface area (Å²) in [4.78, 5) is 19.1. The van der Waals surface area contributed by atoms with Crippen molar-refractivity contribution in [3.8, 4) is 0 Å². The number of pyridine rings is 1. The van der Waals surface area contributed by atoms with Gasteiger partial charge in [0.2, 0.25) is 0 Å². The summed E-state index contributed by atoms with van der Waals surface area (Å²) in [6.07, 6.45) is 3.43. The molecule has 1 unspecified atom stereocenters. The Balaban J connectivity index is 1.68. The van der Waals surface area contributed by atoms with Crippen LogP contribution < -0.4 is 0 Å². The Morgan fingerprint density at radius 2 is 2.27 bits per heavy atom. The topological polar surface area (TPSA) is 71.2 Å². The number of carbonyl (C=O) groups is 1. The first-order chi connectivity index (χ1) is 10.5. The van der Waals surface area contributed by atoms with Crippen molar-refractivity contribution in [3.05, 3.63) is 23.5 Å². The molecule has 0 aromatic carbocycles. The molecule has 1 N–H and O–H groups in total. The molecular formula is C16H20N4O2. The SMILES string of the molecule is CCn1ncc2cc(C(=O)N3CC(O)C4(CC4)C3)c(C)nc21. The quantitative estimate of drug-likeness (QED) is 0.909. The number of nitrogens with zero attached hydrogens (tertiary/aromatic N) is 4. The van der Waals surface area contributed by atoms with Crippen molar-refractivity contribution in [1.29, 1.82) is 0 Å². The van der Waals surface area contributed by atoms with E-state index in [9.17, 15) is 9.90 Å². The van der Waals surface area contributed by atoms with E-state index in [-0.39, 0.29) is 17.4 Å². The molecule has 116 valence electrons. The van der Waals surface area contributed by atoms with E-state index < -0.39 is 0 Å². The molecule has 0 bridgehead atoms. The highest BCUT2D eigenvalue weighted by molar-refractivity contribution is 5.98. The molecule has 1 aliphatic heterocycles. The van der Waals surface area contributed by atoms with Gasteiger partial charge < -0.3 is 10.0 Å². The van der Waals surface area contributed by atoms with Crippen LogP contribution in [0.25, 0.3) is 11.0 Å². The zero-order chi connectivity index (χ0) is 15.5. The van der Waals surface area contributed by atoms with Gasteiger partial charge in [-0.1, -0.05) is 0 Å². The predicted octanol–water partition coefficient (Wildman–Crippen LogP) is 1.36. The Hall–Kier alpha value is -1.95. The van der Waals surface area contributed by atoms with Crippen LogP contribution >= 0.6 is 0 Å². The number of aryl methyl sites for hydroxylation is 2. The fraction of sp³-hybridized carbons (Fsp3) is 0.562. The molecule has 22 heavy (non-hydrogen) atoms. The van der Waals surface area contributed by atoms with Gasteiger partial charge >= 0.3 is 0 Å². The van der Waals surface area contributed by atoms with E-state index in [2.05, 4.69) is 10.1 Å². The largest absolute Gasteiger partial charge is 0.391 e. The Bertz CT molecular complexity index is 763. The van der Waals surface area contributed by atoms with E-state index >= 15 is 0 Å². The lowest BCUT2D eigenvalue weighted by Crippen LogP contribution is -2.30. The van der Waals surface area contributed by atoms with Gasteiger partial charge in [-0.25, -0.2) is 9.67 Å². The second kappa shape index (κ2) is 4.52. The summed E-state index contributed by atoms with van der Waals surface area (Å²) in [5, 5.41) is 15.3. The molecule has 1 saturated heterocycles. The average Bonchev–Trinajstić information content (AvgIpc) is 3.07. The molecular weight excluding hydrogens is 280 g/mol. The minimum absolute atomic E-state index is 0.0197. The molecule has 0 radical (unpaired) electrons. The number of hydrogen-bond donors (Lipinski definition) is 1. The van der Waals surface area contributed by atoms with Crippen molar-refractivity contribution in [2.45, 2.75) is 39.3 Å². The van der Waals surface area contributed by atoms with Gasteiger partial charge in [-0.05, 0) is 32.8 Å².